The Balaban J connectivity index is 1.13. The Bertz CT molecular complexity index is 1040. The molecule has 0 radical (unpaired) electrons. The number of carbonyl (C=O) groups is 5. The molecule has 2 heterocycles. The number of aliphatic carboxylic acids is 1. The van der Waals surface area contributed by atoms with Crippen molar-refractivity contribution in [1.29, 1.82) is 0 Å². The molecule has 13 nitrogen and oxygen atoms in total. The van der Waals surface area contributed by atoms with Crippen molar-refractivity contribution in [2.24, 2.45) is 0 Å². The van der Waals surface area contributed by atoms with Crippen LogP contribution < -0.4 is 31.3 Å². The lowest BCUT2D eigenvalue weighted by Crippen LogP contribution is -2.36. The summed E-state index contributed by atoms with van der Waals surface area (Å²) in [4.78, 5) is 58.2. The molecule has 1 aromatic carbocycles. The number of benzene rings is 1. The number of carbonyl (C=O) groups excluding carboxylic acids is 4. The molecule has 3 atom stereocenters. The first-order valence-electron chi connectivity index (χ1n) is 13.3. The molecule has 0 aromatic heterocycles. The largest absolute Gasteiger partial charge is 0.482 e. The number of ether oxygens (including phenoxy) is 2. The molecule has 0 bridgehead atoms. The van der Waals surface area contributed by atoms with Gasteiger partial charge in [0.05, 0.1) is 25.3 Å². The van der Waals surface area contributed by atoms with Crippen LogP contribution in [0.5, 0.6) is 5.75 Å². The van der Waals surface area contributed by atoms with Crippen LogP contribution in [0.3, 0.4) is 0 Å². The summed E-state index contributed by atoms with van der Waals surface area (Å²) >= 11 is 1.87. The molecular formula is C26H37N5O8S. The zero-order chi connectivity index (χ0) is 28.7. The Morgan fingerprint density at radius 1 is 0.975 bits per heavy atom. The number of rotatable bonds is 18. The predicted octanol–water partition coefficient (Wildman–Crippen LogP) is 0.245. The number of amides is 5. The van der Waals surface area contributed by atoms with Crippen LogP contribution in [0.2, 0.25) is 0 Å². The van der Waals surface area contributed by atoms with Gasteiger partial charge in [-0.15, -0.1) is 0 Å². The van der Waals surface area contributed by atoms with Gasteiger partial charge >= 0.3 is 12.0 Å². The smallest absolute Gasteiger partial charge is 0.341 e. The summed E-state index contributed by atoms with van der Waals surface area (Å²) in [5.74, 6) is -0.533. The molecule has 14 heteroatoms. The summed E-state index contributed by atoms with van der Waals surface area (Å²) < 4.78 is 10.5. The first-order chi connectivity index (χ1) is 19.3. The van der Waals surface area contributed by atoms with E-state index in [1.54, 1.807) is 18.2 Å². The third kappa shape index (κ3) is 10.9. The highest BCUT2D eigenvalue weighted by atomic mass is 32.2. The maximum absolute atomic E-state index is 12.2. The molecular weight excluding hydrogens is 542 g/mol. The highest BCUT2D eigenvalue weighted by Crippen LogP contribution is 2.33. The Kier molecular flexibility index (Phi) is 12.8. The van der Waals surface area contributed by atoms with Crippen LogP contribution in [-0.4, -0.2) is 97.4 Å². The molecule has 0 aliphatic carbocycles. The molecule has 0 unspecified atom stereocenters. The normalized spacial score (nSPS) is 19.2. The van der Waals surface area contributed by atoms with E-state index in [9.17, 15) is 24.0 Å². The van der Waals surface area contributed by atoms with Crippen molar-refractivity contribution in [1.82, 2.24) is 26.6 Å². The average molecular weight is 580 g/mol. The van der Waals surface area contributed by atoms with Crippen LogP contribution in [-0.2, 0) is 19.1 Å². The van der Waals surface area contributed by atoms with Crippen molar-refractivity contribution >= 4 is 41.5 Å². The molecule has 6 N–H and O–H groups in total. The molecule has 3 rings (SSSR count). The quantitative estimate of drug-likeness (QED) is 0.105. The molecule has 2 fully saturated rings. The first kappa shape index (κ1) is 31.0. The maximum Gasteiger partial charge on any atom is 0.341 e. The van der Waals surface area contributed by atoms with E-state index >= 15 is 0 Å². The van der Waals surface area contributed by atoms with Gasteiger partial charge in [-0.2, -0.15) is 11.8 Å². The van der Waals surface area contributed by atoms with Gasteiger partial charge < -0.3 is 41.2 Å². The highest BCUT2D eigenvalue weighted by Gasteiger charge is 2.42. The Morgan fingerprint density at radius 2 is 1.75 bits per heavy atom. The number of unbranched alkanes of at least 4 members (excludes halogenated alkanes) is 1. The third-order valence-corrected chi connectivity index (χ3v) is 7.82. The number of hydrogen-bond donors (Lipinski definition) is 6. The maximum atomic E-state index is 12.2. The van der Waals surface area contributed by atoms with E-state index in [0.717, 1.165) is 25.0 Å². The number of thioether (sulfide) groups is 1. The molecule has 0 saturated carbocycles. The van der Waals surface area contributed by atoms with E-state index in [0.29, 0.717) is 30.4 Å². The molecule has 40 heavy (non-hydrogen) atoms. The first-order valence-corrected chi connectivity index (χ1v) is 14.4. The van der Waals surface area contributed by atoms with Crippen molar-refractivity contribution < 1.29 is 38.6 Å². The van der Waals surface area contributed by atoms with Gasteiger partial charge in [0, 0.05) is 49.0 Å². The molecule has 1 aromatic rings. The fraction of sp³-hybridized carbons (Fsp3) is 0.577. The number of carboxylic acid groups (broad SMARTS) is 1. The highest BCUT2D eigenvalue weighted by molar-refractivity contribution is 8.00. The number of fused-ring (bicyclic) bond motifs is 1. The van der Waals surface area contributed by atoms with Crippen LogP contribution in [0.4, 0.5) is 4.79 Å². The van der Waals surface area contributed by atoms with Crippen molar-refractivity contribution in [3.8, 4) is 5.75 Å². The van der Waals surface area contributed by atoms with Crippen molar-refractivity contribution in [3.05, 3.63) is 29.8 Å². The van der Waals surface area contributed by atoms with Crippen molar-refractivity contribution in [2.45, 2.75) is 49.4 Å². The van der Waals surface area contributed by atoms with Gasteiger partial charge in [0.25, 0.3) is 5.91 Å². The molecule has 220 valence electrons. The number of nitrogens with one attached hydrogen (secondary N) is 5. The van der Waals surface area contributed by atoms with Gasteiger partial charge in [-0.1, -0.05) is 12.5 Å². The average Bonchev–Trinajstić information content (AvgIpc) is 3.49. The minimum Gasteiger partial charge on any atom is -0.482 e. The second kappa shape index (κ2) is 16.6. The molecule has 2 aliphatic heterocycles. The molecule has 5 amide bonds. The van der Waals surface area contributed by atoms with Crippen LogP contribution in [0.1, 0.15) is 42.5 Å². The lowest BCUT2D eigenvalue weighted by Gasteiger charge is -2.16. The topological polar surface area (TPSA) is 184 Å². The fourth-order valence-corrected chi connectivity index (χ4v) is 5.88. The van der Waals surface area contributed by atoms with Crippen molar-refractivity contribution in [2.75, 3.05) is 45.2 Å². The van der Waals surface area contributed by atoms with Gasteiger partial charge in [0.15, 0.2) is 6.61 Å². The number of carboxylic acids is 1. The summed E-state index contributed by atoms with van der Waals surface area (Å²) in [6.07, 6.45) is 3.28. The van der Waals surface area contributed by atoms with E-state index in [4.69, 9.17) is 14.6 Å². The summed E-state index contributed by atoms with van der Waals surface area (Å²) in [7, 11) is 0. The fourth-order valence-electron chi connectivity index (χ4n) is 4.33. The Hall–Kier alpha value is -3.52. The minimum absolute atomic E-state index is 0.0318. The van der Waals surface area contributed by atoms with E-state index in [-0.39, 0.29) is 67.7 Å². The van der Waals surface area contributed by atoms with E-state index in [1.807, 2.05) is 11.8 Å². The van der Waals surface area contributed by atoms with Crippen LogP contribution in [0.25, 0.3) is 0 Å². The summed E-state index contributed by atoms with van der Waals surface area (Å²) in [5.41, 5.74) is 0.314. The summed E-state index contributed by atoms with van der Waals surface area (Å²) in [5, 5.41) is 23.1. The molecule has 2 saturated heterocycles. The molecule has 2 aliphatic rings. The van der Waals surface area contributed by atoms with Crippen LogP contribution in [0.15, 0.2) is 24.3 Å². The van der Waals surface area contributed by atoms with E-state index < -0.39 is 12.6 Å². The van der Waals surface area contributed by atoms with Gasteiger partial charge in [-0.3, -0.25) is 14.4 Å². The van der Waals surface area contributed by atoms with Crippen molar-refractivity contribution in [3.63, 3.8) is 0 Å². The van der Waals surface area contributed by atoms with E-state index in [1.165, 1.54) is 6.07 Å². The number of hydrogen-bond acceptors (Lipinski definition) is 8. The predicted molar refractivity (Wildman–Crippen MR) is 147 cm³/mol. The standard InChI is InChI=1S/C26H37N5O8S/c32-21(7-2-1-6-20-24-19(16-40-20)30-26(37)31-24)28-11-13-38-12-8-22(33)27-9-10-29-25(36)17-4-3-5-18(14-17)39-15-23(34)35/h3-5,14,19-20,24H,1-2,6-13,15-16H2,(H,27,33)(H,28,32)(H,29,36)(H,34,35)(H2,30,31,37)/t19-,20-,24-/m0/s1. The second-order valence-corrected chi connectivity index (χ2v) is 10.7. The lowest BCUT2D eigenvalue weighted by atomic mass is 10.0. The van der Waals surface area contributed by atoms with Crippen LogP contribution in [0, 0.1) is 0 Å². The summed E-state index contributed by atoms with van der Waals surface area (Å²) in [6, 6.07) is 6.48. The zero-order valence-corrected chi connectivity index (χ0v) is 23.1. The van der Waals surface area contributed by atoms with Gasteiger partial charge in [-0.25, -0.2) is 9.59 Å². The lowest BCUT2D eigenvalue weighted by molar-refractivity contribution is -0.139. The van der Waals surface area contributed by atoms with Crippen LogP contribution >= 0.6 is 11.8 Å². The SMILES string of the molecule is O=C(O)COc1cccc(C(=O)NCCNC(=O)CCOCCNC(=O)CCCC[C@@H]2SC[C@@H]3NC(=O)N[C@@H]32)c1. The number of urea groups is 1. The van der Waals surface area contributed by atoms with Gasteiger partial charge in [-0.05, 0) is 31.0 Å². The second-order valence-electron chi connectivity index (χ2n) is 9.40. The monoisotopic (exact) mass is 579 g/mol. The minimum atomic E-state index is -1.11. The Labute approximate surface area is 236 Å². The zero-order valence-electron chi connectivity index (χ0n) is 22.2. The van der Waals surface area contributed by atoms with E-state index in [2.05, 4.69) is 26.6 Å². The van der Waals surface area contributed by atoms with Gasteiger partial charge in [0.2, 0.25) is 11.8 Å². The summed E-state index contributed by atoms with van der Waals surface area (Å²) in [6.45, 7) is 0.838. The Morgan fingerprint density at radius 3 is 2.58 bits per heavy atom. The molecule has 0 spiro atoms. The van der Waals surface area contributed by atoms with Gasteiger partial charge in [0.1, 0.15) is 5.75 Å². The third-order valence-electron chi connectivity index (χ3n) is 6.31.